The molecule has 1 aliphatic carbocycles. The van der Waals surface area contributed by atoms with E-state index < -0.39 is 11.4 Å². The van der Waals surface area contributed by atoms with Gasteiger partial charge in [-0.2, -0.15) is 0 Å². The Balaban J connectivity index is 2.79. The summed E-state index contributed by atoms with van der Waals surface area (Å²) in [7, 11) is 0. The van der Waals surface area contributed by atoms with Gasteiger partial charge in [-0.15, -0.1) is 0 Å². The van der Waals surface area contributed by atoms with E-state index in [0.29, 0.717) is 11.1 Å². The van der Waals surface area contributed by atoms with Gasteiger partial charge in [0.25, 0.3) is 0 Å². The predicted octanol–water partition coefficient (Wildman–Crippen LogP) is 1.44. The van der Waals surface area contributed by atoms with Crippen molar-refractivity contribution in [2.75, 3.05) is 0 Å². The van der Waals surface area contributed by atoms with E-state index in [-0.39, 0.29) is 5.56 Å². The highest BCUT2D eigenvalue weighted by Crippen LogP contribution is 2.19. The van der Waals surface area contributed by atoms with Crippen molar-refractivity contribution in [1.29, 1.82) is 0 Å². The van der Waals surface area contributed by atoms with Crippen LogP contribution in [0.25, 0.3) is 11.1 Å². The minimum Gasteiger partial charge on any atom is -0.478 e. The van der Waals surface area contributed by atoms with Crippen molar-refractivity contribution in [1.82, 2.24) is 0 Å². The summed E-state index contributed by atoms with van der Waals surface area (Å²) in [4.78, 5) is 21.9. The maximum absolute atomic E-state index is 11.3. The number of rotatable bonds is 1. The Hall–Kier alpha value is -2.10. The summed E-state index contributed by atoms with van der Waals surface area (Å²) in [5.41, 5.74) is 0.547. The number of carbonyl (C=O) groups is 1. The number of hydrogen-bond acceptors (Lipinski definition) is 3. The van der Waals surface area contributed by atoms with E-state index in [9.17, 15) is 9.59 Å². The van der Waals surface area contributed by atoms with Crippen molar-refractivity contribution in [3.05, 3.63) is 46.5 Å². The van der Waals surface area contributed by atoms with E-state index in [2.05, 4.69) is 0 Å². The monoisotopic (exact) mass is 190 g/mol. The molecule has 0 fully saturated rings. The minimum atomic E-state index is -1.22. The summed E-state index contributed by atoms with van der Waals surface area (Å²) in [6, 6.07) is 4.21. The molecule has 4 heteroatoms. The van der Waals surface area contributed by atoms with E-state index in [1.165, 1.54) is 24.7 Å². The predicted molar refractivity (Wildman–Crippen MR) is 48.6 cm³/mol. The lowest BCUT2D eigenvalue weighted by Crippen LogP contribution is -2.13. The third kappa shape index (κ3) is 1.26. The van der Waals surface area contributed by atoms with Gasteiger partial charge in [-0.25, -0.2) is 4.79 Å². The van der Waals surface area contributed by atoms with Crippen molar-refractivity contribution >= 4 is 5.97 Å². The topological polar surface area (TPSA) is 67.5 Å². The van der Waals surface area contributed by atoms with Crippen LogP contribution in [-0.2, 0) is 0 Å². The molecule has 0 atom stereocenters. The van der Waals surface area contributed by atoms with Gasteiger partial charge >= 0.3 is 5.97 Å². The standard InChI is InChI=1S/C10H6O4/c11-9-4-6-1-2-14-5-7(6)3-8(9)10(12)13/h1-5H,(H,12,13). The van der Waals surface area contributed by atoms with Crippen molar-refractivity contribution in [3.63, 3.8) is 0 Å². The second-order valence-corrected chi connectivity index (χ2v) is 2.84. The van der Waals surface area contributed by atoms with E-state index >= 15 is 0 Å². The first-order valence-corrected chi connectivity index (χ1v) is 3.92. The molecule has 4 nitrogen and oxygen atoms in total. The lowest BCUT2D eigenvalue weighted by atomic mass is 10.0. The fourth-order valence-corrected chi connectivity index (χ4v) is 1.25. The fraction of sp³-hybridized carbons (Fsp3) is 0. The molecule has 1 heterocycles. The molecule has 0 aromatic carbocycles. The second kappa shape index (κ2) is 2.99. The van der Waals surface area contributed by atoms with Crippen LogP contribution in [0, 0.1) is 0 Å². The molecule has 0 amide bonds. The SMILES string of the molecule is O=C(O)c1cc2coccc-2cc1=O. The van der Waals surface area contributed by atoms with Gasteiger partial charge in [-0.3, -0.25) is 4.79 Å². The summed E-state index contributed by atoms with van der Waals surface area (Å²) in [6.07, 6.45) is 2.84. The quantitative estimate of drug-likeness (QED) is 0.738. The normalized spacial score (nSPS) is 10.3. The van der Waals surface area contributed by atoms with Gasteiger partial charge in [-0.1, -0.05) is 0 Å². The van der Waals surface area contributed by atoms with Crippen LogP contribution >= 0.6 is 0 Å². The van der Waals surface area contributed by atoms with Crippen molar-refractivity contribution in [2.24, 2.45) is 0 Å². The van der Waals surface area contributed by atoms with Gasteiger partial charge in [0.2, 0.25) is 0 Å². The van der Waals surface area contributed by atoms with Gasteiger partial charge in [0, 0.05) is 5.56 Å². The maximum Gasteiger partial charge on any atom is 0.339 e. The van der Waals surface area contributed by atoms with Crippen LogP contribution in [-0.4, -0.2) is 11.1 Å². The third-order valence-corrected chi connectivity index (χ3v) is 1.94. The summed E-state index contributed by atoms with van der Waals surface area (Å²) in [6.45, 7) is 0. The van der Waals surface area contributed by atoms with Gasteiger partial charge in [0.1, 0.15) is 5.56 Å². The van der Waals surface area contributed by atoms with Gasteiger partial charge in [0.15, 0.2) is 5.43 Å². The highest BCUT2D eigenvalue weighted by Gasteiger charge is 2.12. The van der Waals surface area contributed by atoms with Crippen LogP contribution in [0.2, 0.25) is 0 Å². The number of benzene rings is 1. The smallest absolute Gasteiger partial charge is 0.339 e. The lowest BCUT2D eigenvalue weighted by molar-refractivity contribution is 0.0695. The third-order valence-electron chi connectivity index (χ3n) is 1.94. The zero-order valence-corrected chi connectivity index (χ0v) is 7.06. The molecule has 0 aromatic heterocycles. The summed E-state index contributed by atoms with van der Waals surface area (Å²) >= 11 is 0. The molecule has 0 unspecified atom stereocenters. The molecule has 0 radical (unpaired) electrons. The summed E-state index contributed by atoms with van der Waals surface area (Å²) in [5.74, 6) is -1.22. The maximum atomic E-state index is 11.3. The molecule has 2 rings (SSSR count). The molecule has 1 N–H and O–H groups in total. The van der Waals surface area contributed by atoms with Crippen molar-refractivity contribution < 1.29 is 14.3 Å². The molecule has 0 bridgehead atoms. The van der Waals surface area contributed by atoms with Gasteiger partial charge < -0.3 is 9.52 Å². The molecule has 1 aliphatic heterocycles. The number of aromatic carboxylic acids is 1. The summed E-state index contributed by atoms with van der Waals surface area (Å²) < 4.78 is 4.87. The minimum absolute atomic E-state index is 0.237. The molecule has 0 aromatic rings. The van der Waals surface area contributed by atoms with Crippen LogP contribution in [0.5, 0.6) is 0 Å². The van der Waals surface area contributed by atoms with Crippen LogP contribution in [0.15, 0.2) is 39.9 Å². The highest BCUT2D eigenvalue weighted by atomic mass is 16.4. The average Bonchev–Trinajstić information content (AvgIpc) is 2.16. The zero-order valence-electron chi connectivity index (χ0n) is 7.06. The van der Waals surface area contributed by atoms with E-state index in [4.69, 9.17) is 9.52 Å². The molecule has 0 saturated carbocycles. The Bertz CT molecular complexity index is 512. The second-order valence-electron chi connectivity index (χ2n) is 2.84. The fourth-order valence-electron chi connectivity index (χ4n) is 1.25. The van der Waals surface area contributed by atoms with Crippen molar-refractivity contribution in [2.45, 2.75) is 0 Å². The van der Waals surface area contributed by atoms with Crippen molar-refractivity contribution in [3.8, 4) is 11.1 Å². The molecule has 14 heavy (non-hydrogen) atoms. The Morgan fingerprint density at radius 3 is 2.79 bits per heavy atom. The number of carboxylic acid groups (broad SMARTS) is 1. The van der Waals surface area contributed by atoms with Gasteiger partial charge in [-0.05, 0) is 23.8 Å². The molecular weight excluding hydrogens is 184 g/mol. The number of fused-ring (bicyclic) bond motifs is 1. The Morgan fingerprint density at radius 2 is 2.07 bits per heavy atom. The molecule has 70 valence electrons. The first kappa shape index (κ1) is 8.50. The first-order chi connectivity index (χ1) is 6.68. The molecular formula is C10H6O4. The van der Waals surface area contributed by atoms with Crippen LogP contribution in [0.1, 0.15) is 10.4 Å². The van der Waals surface area contributed by atoms with Crippen LogP contribution in [0.3, 0.4) is 0 Å². The van der Waals surface area contributed by atoms with E-state index in [1.54, 1.807) is 6.07 Å². The highest BCUT2D eigenvalue weighted by molar-refractivity contribution is 5.89. The van der Waals surface area contributed by atoms with E-state index in [1.807, 2.05) is 0 Å². The Labute approximate surface area is 78.8 Å². The number of hydrogen-bond donors (Lipinski definition) is 1. The Morgan fingerprint density at radius 1 is 1.29 bits per heavy atom. The molecule has 0 spiro atoms. The Kier molecular flexibility index (Phi) is 1.81. The number of carboxylic acids is 1. The van der Waals surface area contributed by atoms with Crippen LogP contribution in [0.4, 0.5) is 0 Å². The van der Waals surface area contributed by atoms with E-state index in [0.717, 1.165) is 0 Å². The average molecular weight is 190 g/mol. The largest absolute Gasteiger partial charge is 0.478 e. The first-order valence-electron chi connectivity index (χ1n) is 3.92. The van der Waals surface area contributed by atoms with Crippen LogP contribution < -0.4 is 5.43 Å². The van der Waals surface area contributed by atoms with Gasteiger partial charge in [0.05, 0.1) is 12.5 Å². The summed E-state index contributed by atoms with van der Waals surface area (Å²) in [5, 5.41) is 8.69. The lowest BCUT2D eigenvalue weighted by Gasteiger charge is -2.02. The molecule has 2 aliphatic rings. The molecule has 0 saturated heterocycles. The zero-order chi connectivity index (χ0) is 10.1.